The van der Waals surface area contributed by atoms with Crippen LogP contribution in [0.1, 0.15) is 49.2 Å². The number of carbonyl (C=O) groups excluding carboxylic acids is 2. The Morgan fingerprint density at radius 3 is 2.17 bits per heavy atom. The second kappa shape index (κ2) is 9.41. The third kappa shape index (κ3) is 4.42. The van der Waals surface area contributed by atoms with E-state index in [1.807, 2.05) is 0 Å². The molecule has 0 saturated carbocycles. The molecule has 2 aromatic carbocycles. The van der Waals surface area contributed by atoms with Crippen molar-refractivity contribution in [3.63, 3.8) is 0 Å². The fourth-order valence-corrected chi connectivity index (χ4v) is 6.12. The number of nitrogens with zero attached hydrogens (tertiary/aromatic N) is 1. The number of aliphatic hydroxyl groups excluding tert-OH is 1. The maximum Gasteiger partial charge on any atom is 0.329 e. The number of Topliss-reactive ketones (excluding diaryl/α,β-unsaturated/α-hetero) is 2. The van der Waals surface area contributed by atoms with Crippen molar-refractivity contribution in [1.29, 1.82) is 0 Å². The highest BCUT2D eigenvalue weighted by Crippen LogP contribution is 2.50. The third-order valence-electron chi connectivity index (χ3n) is 6.47. The van der Waals surface area contributed by atoms with Crippen LogP contribution < -0.4 is 11.2 Å². The molecule has 1 unspecified atom stereocenters. The number of aryl methyl sites for hydroxylation is 3. The summed E-state index contributed by atoms with van der Waals surface area (Å²) in [4.78, 5) is 53.6. The Kier molecular flexibility index (Phi) is 6.68. The van der Waals surface area contributed by atoms with E-state index >= 15 is 0 Å². The van der Waals surface area contributed by atoms with Gasteiger partial charge in [0.1, 0.15) is 11.7 Å². The summed E-state index contributed by atoms with van der Waals surface area (Å²) in [7, 11) is 0. The SMILES string of the molecule is Cc1ccccc1C(=O)C(O)[C@H]1S[C@@H](n2cc(C)c(=O)[nH]c2=O)C[C@@]1(O)C(=O)c1ccccc1C. The second-order valence-corrected chi connectivity index (χ2v) is 10.2. The van der Waals surface area contributed by atoms with Gasteiger partial charge >= 0.3 is 5.69 Å². The number of hydrogen-bond donors (Lipinski definition) is 3. The second-order valence-electron chi connectivity index (χ2n) is 8.89. The zero-order chi connectivity index (χ0) is 25.5. The summed E-state index contributed by atoms with van der Waals surface area (Å²) in [6, 6.07) is 13.5. The highest BCUT2D eigenvalue weighted by atomic mass is 32.2. The molecule has 1 aliphatic heterocycles. The van der Waals surface area contributed by atoms with E-state index in [9.17, 15) is 29.4 Å². The molecule has 0 aliphatic carbocycles. The van der Waals surface area contributed by atoms with E-state index in [1.165, 1.54) is 17.7 Å². The predicted octanol–water partition coefficient (Wildman–Crippen LogP) is 2.32. The quantitative estimate of drug-likeness (QED) is 0.449. The van der Waals surface area contributed by atoms with Crippen LogP contribution in [-0.2, 0) is 0 Å². The molecule has 4 rings (SSSR count). The normalized spacial score (nSPS) is 22.7. The van der Waals surface area contributed by atoms with E-state index < -0.39 is 45.1 Å². The lowest BCUT2D eigenvalue weighted by Gasteiger charge is -2.31. The molecule has 1 aliphatic rings. The van der Waals surface area contributed by atoms with E-state index in [1.54, 1.807) is 62.4 Å². The van der Waals surface area contributed by atoms with Crippen LogP contribution in [0.3, 0.4) is 0 Å². The summed E-state index contributed by atoms with van der Waals surface area (Å²) in [6.07, 6.45) is -0.599. The number of H-pyrrole nitrogens is 1. The van der Waals surface area contributed by atoms with Gasteiger partial charge in [0.2, 0.25) is 0 Å². The highest BCUT2D eigenvalue weighted by molar-refractivity contribution is 8.00. The monoisotopic (exact) mass is 494 g/mol. The van der Waals surface area contributed by atoms with Gasteiger partial charge in [-0.2, -0.15) is 0 Å². The van der Waals surface area contributed by atoms with Gasteiger partial charge in [0.25, 0.3) is 5.56 Å². The van der Waals surface area contributed by atoms with Crippen molar-refractivity contribution in [1.82, 2.24) is 9.55 Å². The van der Waals surface area contributed by atoms with Gasteiger partial charge in [0.15, 0.2) is 11.6 Å². The number of thioether (sulfide) groups is 1. The summed E-state index contributed by atoms with van der Waals surface area (Å²) in [5.41, 5.74) is -1.28. The lowest BCUT2D eigenvalue weighted by Crippen LogP contribution is -2.52. The van der Waals surface area contributed by atoms with Crippen molar-refractivity contribution in [3.8, 4) is 0 Å². The van der Waals surface area contributed by atoms with Gasteiger partial charge in [0.05, 0.1) is 10.6 Å². The van der Waals surface area contributed by atoms with E-state index in [0.29, 0.717) is 11.1 Å². The first-order chi connectivity index (χ1) is 16.5. The van der Waals surface area contributed by atoms with E-state index in [0.717, 1.165) is 11.8 Å². The van der Waals surface area contributed by atoms with Crippen molar-refractivity contribution in [3.05, 3.63) is 103 Å². The van der Waals surface area contributed by atoms with Gasteiger partial charge in [0, 0.05) is 29.3 Å². The summed E-state index contributed by atoms with van der Waals surface area (Å²) in [5.74, 6) is -1.26. The molecular formula is C26H26N2O6S. The van der Waals surface area contributed by atoms with Gasteiger partial charge in [-0.15, -0.1) is 11.8 Å². The van der Waals surface area contributed by atoms with Crippen molar-refractivity contribution >= 4 is 23.3 Å². The Morgan fingerprint density at radius 2 is 1.57 bits per heavy atom. The highest BCUT2D eigenvalue weighted by Gasteiger charge is 2.57. The molecule has 1 saturated heterocycles. The summed E-state index contributed by atoms with van der Waals surface area (Å²) in [6.45, 7) is 5.00. The molecule has 0 amide bonds. The van der Waals surface area contributed by atoms with Crippen LogP contribution >= 0.6 is 11.8 Å². The minimum atomic E-state index is -2.15. The molecule has 8 nitrogen and oxygen atoms in total. The van der Waals surface area contributed by atoms with Gasteiger partial charge in [-0.05, 0) is 31.9 Å². The Labute approximate surface area is 205 Å². The van der Waals surface area contributed by atoms with Gasteiger partial charge < -0.3 is 10.2 Å². The van der Waals surface area contributed by atoms with E-state index in [4.69, 9.17) is 0 Å². The summed E-state index contributed by atoms with van der Waals surface area (Å²) in [5, 5.41) is 20.9. The Balaban J connectivity index is 1.80. The molecule has 0 spiro atoms. The lowest BCUT2D eigenvalue weighted by molar-refractivity contribution is 0.00716. The fourth-order valence-electron chi connectivity index (χ4n) is 4.44. The molecule has 9 heteroatoms. The molecular weight excluding hydrogens is 468 g/mol. The first-order valence-electron chi connectivity index (χ1n) is 11.1. The molecule has 35 heavy (non-hydrogen) atoms. The topological polar surface area (TPSA) is 129 Å². The van der Waals surface area contributed by atoms with Crippen molar-refractivity contribution < 1.29 is 19.8 Å². The maximum absolute atomic E-state index is 13.7. The fraction of sp³-hybridized carbons (Fsp3) is 0.308. The Bertz CT molecular complexity index is 1430. The van der Waals surface area contributed by atoms with Crippen molar-refractivity contribution in [2.75, 3.05) is 0 Å². The minimum absolute atomic E-state index is 0.237. The zero-order valence-electron chi connectivity index (χ0n) is 19.5. The molecule has 1 fully saturated rings. The van der Waals surface area contributed by atoms with E-state index in [-0.39, 0.29) is 23.1 Å². The molecule has 3 aromatic rings. The molecule has 2 heterocycles. The Hall–Kier alpha value is -3.27. The molecule has 4 atom stereocenters. The number of rotatable bonds is 6. The first-order valence-corrected chi connectivity index (χ1v) is 12.1. The number of aliphatic hydroxyl groups is 2. The van der Waals surface area contributed by atoms with Crippen LogP contribution in [0.5, 0.6) is 0 Å². The largest absolute Gasteiger partial charge is 0.384 e. The standard InChI is InChI=1S/C26H26N2O6S/c1-14-8-4-6-10-17(14)20(29)21(30)23-26(34,22(31)18-11-7-5-9-15(18)2)12-19(35-23)28-13-16(3)24(32)27-25(28)33/h4-11,13,19,21,23,30,34H,12H2,1-3H3,(H,27,32,33)/t19-,21?,23-,26-/m1/s1. The Morgan fingerprint density at radius 1 is 1.00 bits per heavy atom. The number of ketones is 2. The number of aromatic amines is 1. The molecule has 182 valence electrons. The lowest BCUT2D eigenvalue weighted by atomic mass is 9.81. The third-order valence-corrected chi connectivity index (χ3v) is 8.11. The summed E-state index contributed by atoms with van der Waals surface area (Å²) >= 11 is 0.964. The van der Waals surface area contributed by atoms with Gasteiger partial charge in [-0.25, -0.2) is 4.79 Å². The average molecular weight is 495 g/mol. The van der Waals surface area contributed by atoms with Crippen LogP contribution in [0, 0.1) is 20.8 Å². The molecule has 3 N–H and O–H groups in total. The van der Waals surface area contributed by atoms with Crippen LogP contribution in [0.15, 0.2) is 64.3 Å². The summed E-state index contributed by atoms with van der Waals surface area (Å²) < 4.78 is 1.22. The van der Waals surface area contributed by atoms with Crippen molar-refractivity contribution in [2.24, 2.45) is 0 Å². The zero-order valence-corrected chi connectivity index (χ0v) is 20.3. The first kappa shape index (κ1) is 24.8. The average Bonchev–Trinajstić information content (AvgIpc) is 3.19. The van der Waals surface area contributed by atoms with Crippen LogP contribution in [0.4, 0.5) is 0 Å². The number of hydrogen-bond acceptors (Lipinski definition) is 7. The van der Waals surface area contributed by atoms with E-state index in [2.05, 4.69) is 4.98 Å². The van der Waals surface area contributed by atoms with Crippen LogP contribution in [0.25, 0.3) is 0 Å². The molecule has 0 radical (unpaired) electrons. The molecule has 0 bridgehead atoms. The van der Waals surface area contributed by atoms with Gasteiger partial charge in [-0.3, -0.25) is 23.9 Å². The number of nitrogens with one attached hydrogen (secondary N) is 1. The van der Waals surface area contributed by atoms with Crippen molar-refractivity contribution in [2.45, 2.75) is 49.5 Å². The van der Waals surface area contributed by atoms with Crippen LogP contribution in [-0.4, -0.2) is 48.3 Å². The number of aromatic nitrogens is 2. The number of carbonyl (C=O) groups is 2. The van der Waals surface area contributed by atoms with Crippen LogP contribution in [0.2, 0.25) is 0 Å². The maximum atomic E-state index is 13.7. The van der Waals surface area contributed by atoms with Gasteiger partial charge in [-0.1, -0.05) is 48.5 Å². The number of benzene rings is 2. The minimum Gasteiger partial charge on any atom is -0.384 e. The smallest absolute Gasteiger partial charge is 0.329 e. The molecule has 1 aromatic heterocycles. The predicted molar refractivity (Wildman–Crippen MR) is 133 cm³/mol.